The second-order valence-corrected chi connectivity index (χ2v) is 10.7. The molecular weight excluding hydrogens is 390 g/mol. The fourth-order valence-corrected chi connectivity index (χ4v) is 7.20. The van der Waals surface area contributed by atoms with Crippen molar-refractivity contribution < 1.29 is 19.8 Å². The largest absolute Gasteiger partial charge is 0.477 e. The standard InChI is InChI=1S/C21H33N3O4S/c1-11-17-16(12(2)25)20(26)24(17)18(21(27)28)19(11)29-15-9-23(10-15)8-14-5-3-13(7-22)4-6-14/h11-17,25H,3-10,22H2,1-2H3,(H,27,28)/t11-,12-,13?,14?,16-,17-/m1/s1. The van der Waals surface area contributed by atoms with Crippen LogP contribution in [-0.4, -0.2) is 75.5 Å². The van der Waals surface area contributed by atoms with Gasteiger partial charge in [0, 0.05) is 35.7 Å². The molecule has 7 nitrogen and oxygen atoms in total. The number of nitrogens with zero attached hydrogens (tertiary/aromatic N) is 2. The molecule has 0 aromatic rings. The van der Waals surface area contributed by atoms with Crippen LogP contribution in [0.25, 0.3) is 0 Å². The van der Waals surface area contributed by atoms with Crippen molar-refractivity contribution in [2.45, 2.75) is 56.9 Å². The predicted octanol–water partition coefficient (Wildman–Crippen LogP) is 1.32. The number of carbonyl (C=O) groups is 2. The van der Waals surface area contributed by atoms with Gasteiger partial charge in [-0.05, 0) is 51.0 Å². The molecule has 4 aliphatic rings. The van der Waals surface area contributed by atoms with Gasteiger partial charge in [-0.1, -0.05) is 6.92 Å². The number of β-lactam (4-membered cyclic amide) rings is 1. The van der Waals surface area contributed by atoms with Crippen LogP contribution in [0.5, 0.6) is 0 Å². The molecule has 0 spiro atoms. The first-order valence-electron chi connectivity index (χ1n) is 10.9. The van der Waals surface area contributed by atoms with Crippen molar-refractivity contribution in [1.29, 1.82) is 0 Å². The van der Waals surface area contributed by atoms with Crippen LogP contribution in [0, 0.1) is 23.7 Å². The molecule has 0 aromatic heterocycles. The summed E-state index contributed by atoms with van der Waals surface area (Å²) < 4.78 is 0. The molecule has 3 aliphatic heterocycles. The molecule has 1 saturated carbocycles. The number of carbonyl (C=O) groups excluding carboxylic acids is 1. The lowest BCUT2D eigenvalue weighted by atomic mass is 9.79. The van der Waals surface area contributed by atoms with Crippen LogP contribution in [0.4, 0.5) is 0 Å². The number of fused-ring (bicyclic) bond motifs is 1. The molecule has 4 rings (SSSR count). The number of aliphatic hydroxyl groups excluding tert-OH is 1. The van der Waals surface area contributed by atoms with Crippen LogP contribution in [-0.2, 0) is 9.59 Å². The summed E-state index contributed by atoms with van der Waals surface area (Å²) in [6, 6.07) is -0.218. The average Bonchev–Trinajstić information content (AvgIpc) is 2.89. The van der Waals surface area contributed by atoms with Gasteiger partial charge in [0.05, 0.1) is 18.1 Å². The normalized spacial score (nSPS) is 36.6. The Morgan fingerprint density at radius 3 is 2.41 bits per heavy atom. The minimum atomic E-state index is -1.04. The first-order valence-corrected chi connectivity index (χ1v) is 11.8. The predicted molar refractivity (Wildman–Crippen MR) is 112 cm³/mol. The van der Waals surface area contributed by atoms with Gasteiger partial charge in [-0.3, -0.25) is 4.79 Å². The molecule has 1 aliphatic carbocycles. The zero-order valence-electron chi connectivity index (χ0n) is 17.3. The van der Waals surface area contributed by atoms with E-state index in [2.05, 4.69) is 4.90 Å². The van der Waals surface area contributed by atoms with Crippen molar-refractivity contribution in [3.8, 4) is 0 Å². The van der Waals surface area contributed by atoms with Gasteiger partial charge in [-0.15, -0.1) is 11.8 Å². The monoisotopic (exact) mass is 423 g/mol. The second kappa shape index (κ2) is 8.21. The van der Waals surface area contributed by atoms with E-state index < -0.39 is 18.0 Å². The minimum Gasteiger partial charge on any atom is -0.477 e. The van der Waals surface area contributed by atoms with Crippen LogP contribution in [0.2, 0.25) is 0 Å². The molecular formula is C21H33N3O4S. The van der Waals surface area contributed by atoms with E-state index in [0.29, 0.717) is 11.2 Å². The molecule has 8 heteroatoms. The Morgan fingerprint density at radius 1 is 1.24 bits per heavy atom. The summed E-state index contributed by atoms with van der Waals surface area (Å²) in [5.74, 6) is -0.354. The molecule has 0 bridgehead atoms. The number of carboxylic acids is 1. The highest BCUT2D eigenvalue weighted by Crippen LogP contribution is 2.52. The average molecular weight is 424 g/mol. The third-order valence-corrected chi connectivity index (χ3v) is 8.80. The molecule has 0 aromatic carbocycles. The number of likely N-dealkylation sites (tertiary alicyclic amines) is 1. The number of nitrogens with two attached hydrogens (primary N) is 1. The van der Waals surface area contributed by atoms with Crippen molar-refractivity contribution in [1.82, 2.24) is 9.80 Å². The van der Waals surface area contributed by atoms with E-state index in [1.165, 1.54) is 30.6 Å². The fourth-order valence-electron chi connectivity index (χ4n) is 5.62. The van der Waals surface area contributed by atoms with Crippen molar-refractivity contribution in [2.75, 3.05) is 26.2 Å². The Kier molecular flexibility index (Phi) is 5.99. The van der Waals surface area contributed by atoms with Crippen LogP contribution in [0.3, 0.4) is 0 Å². The summed E-state index contributed by atoms with van der Waals surface area (Å²) >= 11 is 1.64. The van der Waals surface area contributed by atoms with E-state index in [4.69, 9.17) is 5.73 Å². The zero-order valence-corrected chi connectivity index (χ0v) is 18.1. The highest BCUT2D eigenvalue weighted by molar-refractivity contribution is 8.03. The van der Waals surface area contributed by atoms with Crippen LogP contribution in [0.15, 0.2) is 10.6 Å². The number of hydrogen-bond acceptors (Lipinski definition) is 6. The van der Waals surface area contributed by atoms with E-state index in [0.717, 1.165) is 37.0 Å². The summed E-state index contributed by atoms with van der Waals surface area (Å²) in [4.78, 5) is 29.0. The Bertz CT molecular complexity index is 698. The van der Waals surface area contributed by atoms with E-state index in [1.807, 2.05) is 6.92 Å². The zero-order chi connectivity index (χ0) is 20.9. The molecule has 0 unspecified atom stereocenters. The number of carboxylic acid groups (broad SMARTS) is 1. The Balaban J connectivity index is 1.33. The van der Waals surface area contributed by atoms with Gasteiger partial charge in [0.15, 0.2) is 0 Å². The van der Waals surface area contributed by atoms with E-state index in [1.54, 1.807) is 18.7 Å². The first kappa shape index (κ1) is 21.2. The van der Waals surface area contributed by atoms with Gasteiger partial charge < -0.3 is 25.7 Å². The number of rotatable bonds is 7. The van der Waals surface area contributed by atoms with E-state index in [-0.39, 0.29) is 23.6 Å². The second-order valence-electron chi connectivity index (χ2n) is 9.35. The fraction of sp³-hybridized carbons (Fsp3) is 0.810. The summed E-state index contributed by atoms with van der Waals surface area (Å²) in [6.07, 6.45) is 4.27. The van der Waals surface area contributed by atoms with Gasteiger partial charge in [0.2, 0.25) is 5.91 Å². The van der Waals surface area contributed by atoms with Crippen LogP contribution < -0.4 is 5.73 Å². The number of aliphatic hydroxyl groups is 1. The maximum atomic E-state index is 12.4. The minimum absolute atomic E-state index is 0.0380. The summed E-state index contributed by atoms with van der Waals surface area (Å²) in [5, 5.41) is 20.1. The number of aliphatic carboxylic acids is 1. The third kappa shape index (κ3) is 3.73. The Morgan fingerprint density at radius 2 is 1.86 bits per heavy atom. The topological polar surface area (TPSA) is 107 Å². The quantitative estimate of drug-likeness (QED) is 0.530. The maximum Gasteiger partial charge on any atom is 0.353 e. The molecule has 2 saturated heterocycles. The summed E-state index contributed by atoms with van der Waals surface area (Å²) in [6.45, 7) is 7.50. The Labute approximate surface area is 176 Å². The SMILES string of the molecule is C[C@@H](O)[C@H]1C(=O)N2C(C(=O)O)=C(SC3CN(CC4CCC(CN)CC4)C3)[C@H](C)[C@H]12. The Hall–Kier alpha value is -1.09. The first-order chi connectivity index (χ1) is 13.8. The molecule has 4 atom stereocenters. The van der Waals surface area contributed by atoms with Crippen LogP contribution in [0.1, 0.15) is 39.5 Å². The molecule has 29 heavy (non-hydrogen) atoms. The maximum absolute atomic E-state index is 12.4. The van der Waals surface area contributed by atoms with Crippen LogP contribution >= 0.6 is 11.8 Å². The van der Waals surface area contributed by atoms with Crippen molar-refractivity contribution in [3.63, 3.8) is 0 Å². The molecule has 0 radical (unpaired) electrons. The molecule has 162 valence electrons. The highest BCUT2D eigenvalue weighted by Gasteiger charge is 2.60. The third-order valence-electron chi connectivity index (χ3n) is 7.34. The van der Waals surface area contributed by atoms with E-state index in [9.17, 15) is 19.8 Å². The molecule has 1 amide bonds. The molecule has 3 heterocycles. The van der Waals surface area contributed by atoms with Gasteiger partial charge in [0.1, 0.15) is 5.70 Å². The number of thioether (sulfide) groups is 1. The van der Waals surface area contributed by atoms with Crippen molar-refractivity contribution in [3.05, 3.63) is 10.6 Å². The van der Waals surface area contributed by atoms with Crippen molar-refractivity contribution in [2.24, 2.45) is 29.4 Å². The smallest absolute Gasteiger partial charge is 0.353 e. The molecule has 4 N–H and O–H groups in total. The highest BCUT2D eigenvalue weighted by atomic mass is 32.2. The summed E-state index contributed by atoms with van der Waals surface area (Å²) in [7, 11) is 0. The molecule has 3 fully saturated rings. The van der Waals surface area contributed by atoms with Gasteiger partial charge in [-0.25, -0.2) is 4.79 Å². The lowest BCUT2D eigenvalue weighted by Gasteiger charge is -2.46. The lowest BCUT2D eigenvalue weighted by molar-refractivity contribution is -0.163. The van der Waals surface area contributed by atoms with Gasteiger partial charge in [-0.2, -0.15) is 0 Å². The van der Waals surface area contributed by atoms with E-state index >= 15 is 0 Å². The van der Waals surface area contributed by atoms with Gasteiger partial charge >= 0.3 is 5.97 Å². The number of amides is 1. The van der Waals surface area contributed by atoms with Gasteiger partial charge in [0.25, 0.3) is 0 Å². The lowest BCUT2D eigenvalue weighted by Crippen LogP contribution is -2.63. The summed E-state index contributed by atoms with van der Waals surface area (Å²) in [5.41, 5.74) is 5.93. The number of hydrogen-bond donors (Lipinski definition) is 3. The van der Waals surface area contributed by atoms with Crippen molar-refractivity contribution >= 4 is 23.6 Å².